The lowest BCUT2D eigenvalue weighted by atomic mass is 10.0. The Balaban J connectivity index is 1.79. The minimum atomic E-state index is -2.56. The largest absolute Gasteiger partial charge is 0.502 e. The van der Waals surface area contributed by atoms with Crippen molar-refractivity contribution in [3.63, 3.8) is 0 Å². The van der Waals surface area contributed by atoms with Gasteiger partial charge in [-0.3, -0.25) is 0 Å². The molecule has 0 saturated heterocycles. The number of fused-ring (bicyclic) bond motifs is 1. The van der Waals surface area contributed by atoms with E-state index in [4.69, 9.17) is 22.7 Å². The molecule has 0 fully saturated rings. The quantitative estimate of drug-likeness (QED) is 0.507. The Labute approximate surface area is 184 Å². The lowest BCUT2D eigenvalue weighted by molar-refractivity contribution is 0.244. The summed E-state index contributed by atoms with van der Waals surface area (Å²) in [5.74, 6) is 0.644. The third-order valence-corrected chi connectivity index (χ3v) is 4.55. The standard InChI is InChI=1S/C24H26N4O2/c1-5-13-26-20-11-10-17-18(20)7-6-8-19(17)23-27-24(30-28-23)16-9-12-22(29-15(2)3)21(14-16)25-4/h6-9,12,14-15,20,26H,5,10-11,13H2,1-3H3/t20-/m0/s1/i10D2,11D2,20D. The number of hydrogen-bond donors (Lipinski definition) is 1. The molecule has 0 aliphatic heterocycles. The van der Waals surface area contributed by atoms with Crippen LogP contribution in [0.5, 0.6) is 5.75 Å². The molecule has 1 heterocycles. The summed E-state index contributed by atoms with van der Waals surface area (Å²) in [5, 5.41) is 6.92. The Morgan fingerprint density at radius 2 is 2.27 bits per heavy atom. The molecule has 154 valence electrons. The lowest BCUT2D eigenvalue weighted by Gasteiger charge is -2.13. The second kappa shape index (κ2) is 8.68. The topological polar surface area (TPSA) is 64.5 Å². The molecule has 3 aromatic rings. The number of rotatable bonds is 7. The molecule has 0 unspecified atom stereocenters. The van der Waals surface area contributed by atoms with Gasteiger partial charge in [-0.25, -0.2) is 4.85 Å². The van der Waals surface area contributed by atoms with E-state index in [9.17, 15) is 0 Å². The Kier molecular flexibility index (Phi) is 4.27. The van der Waals surface area contributed by atoms with Gasteiger partial charge in [0, 0.05) is 22.6 Å². The van der Waals surface area contributed by atoms with E-state index >= 15 is 0 Å². The minimum Gasteiger partial charge on any atom is -0.502 e. The first-order valence-corrected chi connectivity index (χ1v) is 9.89. The van der Waals surface area contributed by atoms with Crippen LogP contribution in [-0.4, -0.2) is 22.8 Å². The first-order chi connectivity index (χ1) is 16.5. The summed E-state index contributed by atoms with van der Waals surface area (Å²) in [6.07, 6.45) is -4.48. The van der Waals surface area contributed by atoms with Crippen LogP contribution in [0.25, 0.3) is 27.7 Å². The van der Waals surface area contributed by atoms with Crippen LogP contribution < -0.4 is 10.1 Å². The Bertz CT molecular complexity index is 1300. The van der Waals surface area contributed by atoms with Crippen LogP contribution in [-0.2, 0) is 6.37 Å². The van der Waals surface area contributed by atoms with Crippen LogP contribution in [0.2, 0.25) is 0 Å². The van der Waals surface area contributed by atoms with E-state index in [-0.39, 0.29) is 34.5 Å². The van der Waals surface area contributed by atoms with Gasteiger partial charge in [-0.1, -0.05) is 30.3 Å². The molecule has 0 amide bonds. The summed E-state index contributed by atoms with van der Waals surface area (Å²) in [7, 11) is 0. The highest BCUT2D eigenvalue weighted by Gasteiger charge is 2.26. The van der Waals surface area contributed by atoms with Gasteiger partial charge in [-0.05, 0) is 68.9 Å². The average molecular weight is 408 g/mol. The molecular formula is C24H26N4O2. The SMILES string of the molecule is [2H]C1([2H])c2c(-c3noc(-c4ccc(OC(C)C)c([N+]#[C-])c4)n3)cccc2[C@@]([2H])(NCCC)C1([2H])[2H]. The number of hydrogen-bond acceptors (Lipinski definition) is 5. The van der Waals surface area contributed by atoms with Crippen molar-refractivity contribution in [3.8, 4) is 28.6 Å². The summed E-state index contributed by atoms with van der Waals surface area (Å²) >= 11 is 0. The zero-order valence-electron chi connectivity index (χ0n) is 22.1. The van der Waals surface area contributed by atoms with E-state index < -0.39 is 18.8 Å². The maximum absolute atomic E-state index is 8.91. The first kappa shape index (κ1) is 14.8. The van der Waals surface area contributed by atoms with Crippen LogP contribution in [0.1, 0.15) is 57.6 Å². The Morgan fingerprint density at radius 1 is 1.40 bits per heavy atom. The van der Waals surface area contributed by atoms with Crippen LogP contribution in [0.3, 0.4) is 0 Å². The van der Waals surface area contributed by atoms with Crippen molar-refractivity contribution in [2.24, 2.45) is 0 Å². The zero-order chi connectivity index (χ0) is 25.6. The summed E-state index contributed by atoms with van der Waals surface area (Å²) in [6, 6.07) is 7.74. The van der Waals surface area contributed by atoms with Gasteiger partial charge in [0.25, 0.3) is 5.89 Å². The van der Waals surface area contributed by atoms with Gasteiger partial charge >= 0.3 is 0 Å². The number of nitrogens with one attached hydrogen (secondary N) is 1. The molecule has 4 rings (SSSR count). The summed E-state index contributed by atoms with van der Waals surface area (Å²) in [4.78, 5) is 7.94. The molecule has 1 atom stereocenters. The fraction of sp³-hybridized carbons (Fsp3) is 0.375. The van der Waals surface area contributed by atoms with Crippen LogP contribution in [0.15, 0.2) is 40.9 Å². The first-order valence-electron chi connectivity index (χ1n) is 12.4. The molecule has 6 heteroatoms. The van der Waals surface area contributed by atoms with E-state index in [1.165, 1.54) is 0 Å². The maximum atomic E-state index is 8.91. The maximum Gasteiger partial charge on any atom is 0.256 e. The highest BCUT2D eigenvalue weighted by Crippen LogP contribution is 2.38. The van der Waals surface area contributed by atoms with E-state index in [0.29, 0.717) is 30.0 Å². The van der Waals surface area contributed by atoms with Crippen LogP contribution >= 0.6 is 0 Å². The highest BCUT2D eigenvalue weighted by atomic mass is 16.5. The van der Waals surface area contributed by atoms with Crippen molar-refractivity contribution in [1.82, 2.24) is 15.5 Å². The molecule has 2 aromatic carbocycles. The Morgan fingerprint density at radius 3 is 3.03 bits per heavy atom. The summed E-state index contributed by atoms with van der Waals surface area (Å²) in [6.45, 7) is 13.4. The van der Waals surface area contributed by atoms with Crippen molar-refractivity contribution in [2.45, 2.75) is 52.1 Å². The lowest BCUT2D eigenvalue weighted by Crippen LogP contribution is -2.19. The number of ether oxygens (including phenoxy) is 1. The van der Waals surface area contributed by atoms with Crippen LogP contribution in [0, 0.1) is 6.57 Å². The van der Waals surface area contributed by atoms with Crippen molar-refractivity contribution >= 4 is 5.69 Å². The molecular weight excluding hydrogens is 376 g/mol. The van der Waals surface area contributed by atoms with E-state index in [1.54, 1.807) is 36.4 Å². The van der Waals surface area contributed by atoms with E-state index in [0.717, 1.165) is 0 Å². The molecule has 1 aliphatic rings. The van der Waals surface area contributed by atoms with Gasteiger partial charge in [0.2, 0.25) is 11.5 Å². The van der Waals surface area contributed by atoms with Crippen molar-refractivity contribution in [3.05, 3.63) is 58.9 Å². The number of aromatic nitrogens is 2. The van der Waals surface area contributed by atoms with Crippen LogP contribution in [0.4, 0.5) is 5.69 Å². The second-order valence-corrected chi connectivity index (χ2v) is 7.16. The molecule has 0 bridgehead atoms. The average Bonchev–Trinajstić information content (AvgIpc) is 3.35. The predicted molar refractivity (Wildman–Crippen MR) is 117 cm³/mol. The molecule has 1 aliphatic carbocycles. The van der Waals surface area contributed by atoms with Gasteiger partial charge in [-0.2, -0.15) is 4.98 Å². The van der Waals surface area contributed by atoms with Gasteiger partial charge < -0.3 is 14.6 Å². The van der Waals surface area contributed by atoms with Crippen molar-refractivity contribution in [2.75, 3.05) is 6.54 Å². The normalized spacial score (nSPS) is 23.5. The molecule has 1 N–H and O–H groups in total. The summed E-state index contributed by atoms with van der Waals surface area (Å²) < 4.78 is 54.4. The fourth-order valence-corrected chi connectivity index (χ4v) is 3.20. The van der Waals surface area contributed by atoms with Gasteiger partial charge in [0.1, 0.15) is 5.75 Å². The molecule has 6 nitrogen and oxygen atoms in total. The fourth-order valence-electron chi connectivity index (χ4n) is 3.20. The number of nitrogens with zero attached hydrogens (tertiary/aromatic N) is 3. The van der Waals surface area contributed by atoms with E-state index in [1.807, 2.05) is 20.8 Å². The highest BCUT2D eigenvalue weighted by molar-refractivity contribution is 5.70. The van der Waals surface area contributed by atoms with E-state index in [2.05, 4.69) is 20.3 Å². The van der Waals surface area contributed by atoms with Crippen molar-refractivity contribution < 1.29 is 16.1 Å². The number of benzene rings is 2. The van der Waals surface area contributed by atoms with Gasteiger partial charge in [0.15, 0.2) is 0 Å². The summed E-state index contributed by atoms with van der Waals surface area (Å²) in [5.41, 5.74) is 1.27. The Hall–Kier alpha value is -3.17. The third kappa shape index (κ3) is 3.94. The molecule has 0 saturated carbocycles. The van der Waals surface area contributed by atoms with Gasteiger partial charge in [0.05, 0.1) is 14.0 Å². The monoisotopic (exact) mass is 407 g/mol. The minimum absolute atomic E-state index is 0.0264. The molecule has 0 spiro atoms. The van der Waals surface area contributed by atoms with Crippen molar-refractivity contribution in [1.29, 1.82) is 0 Å². The third-order valence-electron chi connectivity index (χ3n) is 4.55. The van der Waals surface area contributed by atoms with Gasteiger partial charge in [-0.15, -0.1) is 0 Å². The zero-order valence-corrected chi connectivity index (χ0v) is 17.1. The second-order valence-electron chi connectivity index (χ2n) is 7.16. The molecule has 1 aromatic heterocycles. The molecule has 30 heavy (non-hydrogen) atoms. The smallest absolute Gasteiger partial charge is 0.256 e. The molecule has 0 radical (unpaired) electrons. The predicted octanol–water partition coefficient (Wildman–Crippen LogP) is 5.73.